The monoisotopic (exact) mass is 456 g/mol. The molecule has 32 heavy (non-hydrogen) atoms. The summed E-state index contributed by atoms with van der Waals surface area (Å²) >= 11 is 0. The number of sulfonamides is 1. The Kier molecular flexibility index (Phi) is 6.30. The molecule has 0 spiro atoms. The van der Waals surface area contributed by atoms with Crippen LogP contribution >= 0.6 is 0 Å². The fourth-order valence-electron chi connectivity index (χ4n) is 4.11. The van der Waals surface area contributed by atoms with Crippen molar-refractivity contribution in [2.24, 2.45) is 5.92 Å². The number of aryl methyl sites for hydroxylation is 2. The third-order valence-corrected chi connectivity index (χ3v) is 8.01. The zero-order chi connectivity index (χ0) is 22.9. The number of carbonyl (C=O) groups is 2. The molecule has 0 aliphatic carbocycles. The Balaban J connectivity index is 1.52. The predicted octanol–water partition coefficient (Wildman–Crippen LogP) is 2.73. The molecule has 2 aliphatic rings. The maximum Gasteiger partial charge on any atom is 0.245 e. The van der Waals surface area contributed by atoms with Crippen LogP contribution in [0, 0.1) is 12.8 Å². The van der Waals surface area contributed by atoms with Crippen molar-refractivity contribution >= 4 is 33.3 Å². The van der Waals surface area contributed by atoms with Gasteiger partial charge in [-0.05, 0) is 67.5 Å². The minimum absolute atomic E-state index is 0.155. The second-order valence-electron chi connectivity index (χ2n) is 8.63. The van der Waals surface area contributed by atoms with Crippen molar-refractivity contribution in [3.05, 3.63) is 47.7 Å². The molecule has 0 bridgehead atoms. The minimum atomic E-state index is -3.57. The molecular formula is C23H28N4O4S. The van der Waals surface area contributed by atoms with E-state index in [1.54, 1.807) is 28.7 Å². The predicted molar refractivity (Wildman–Crippen MR) is 122 cm³/mol. The molecule has 0 unspecified atom stereocenters. The molecule has 2 aliphatic heterocycles. The van der Waals surface area contributed by atoms with Crippen LogP contribution in [-0.2, 0) is 26.0 Å². The van der Waals surface area contributed by atoms with Gasteiger partial charge in [-0.15, -0.1) is 0 Å². The molecule has 3 heterocycles. The summed E-state index contributed by atoms with van der Waals surface area (Å²) in [4.78, 5) is 30.9. The normalized spacial score (nSPS) is 17.8. The van der Waals surface area contributed by atoms with E-state index in [0.29, 0.717) is 36.9 Å². The number of benzene rings is 1. The first-order valence-corrected chi connectivity index (χ1v) is 12.3. The van der Waals surface area contributed by atoms with Gasteiger partial charge in [-0.2, -0.15) is 4.31 Å². The van der Waals surface area contributed by atoms with Crippen LogP contribution in [0.4, 0.5) is 11.5 Å². The van der Waals surface area contributed by atoms with Crippen LogP contribution < -0.4 is 10.2 Å². The summed E-state index contributed by atoms with van der Waals surface area (Å²) in [6, 6.07) is 8.38. The SMILES string of the molecule is Cc1ccc(NC(=O)CN2C(=O)CCc3cc(S(=O)(=O)N4CCC(C)CC4)ccc32)nc1. The number of piperidine rings is 1. The van der Waals surface area contributed by atoms with Gasteiger partial charge in [0.05, 0.1) is 4.90 Å². The molecule has 9 heteroatoms. The number of amides is 2. The molecule has 1 aromatic carbocycles. The number of rotatable bonds is 5. The van der Waals surface area contributed by atoms with E-state index in [9.17, 15) is 18.0 Å². The molecule has 1 fully saturated rings. The van der Waals surface area contributed by atoms with Crippen LogP contribution in [0.15, 0.2) is 41.4 Å². The summed E-state index contributed by atoms with van der Waals surface area (Å²) in [6.07, 6.45) is 4.05. The van der Waals surface area contributed by atoms with Crippen molar-refractivity contribution in [3.8, 4) is 0 Å². The molecule has 4 rings (SSSR count). The van der Waals surface area contributed by atoms with Gasteiger partial charge >= 0.3 is 0 Å². The van der Waals surface area contributed by atoms with Gasteiger partial charge in [-0.1, -0.05) is 13.0 Å². The number of carbonyl (C=O) groups excluding carboxylic acids is 2. The average molecular weight is 457 g/mol. The largest absolute Gasteiger partial charge is 0.309 e. The molecular weight excluding hydrogens is 428 g/mol. The van der Waals surface area contributed by atoms with Crippen molar-refractivity contribution < 1.29 is 18.0 Å². The molecule has 0 radical (unpaired) electrons. The van der Waals surface area contributed by atoms with Crippen LogP contribution in [0.25, 0.3) is 0 Å². The quantitative estimate of drug-likeness (QED) is 0.746. The molecule has 0 atom stereocenters. The Bertz CT molecular complexity index is 1120. The van der Waals surface area contributed by atoms with Crippen LogP contribution in [0.1, 0.15) is 37.3 Å². The van der Waals surface area contributed by atoms with Crippen LogP contribution in [0.5, 0.6) is 0 Å². The van der Waals surface area contributed by atoms with Crippen molar-refractivity contribution in [2.75, 3.05) is 29.9 Å². The number of hydrogen-bond acceptors (Lipinski definition) is 5. The van der Waals surface area contributed by atoms with Gasteiger partial charge in [-0.3, -0.25) is 9.59 Å². The van der Waals surface area contributed by atoms with Crippen molar-refractivity contribution in [3.63, 3.8) is 0 Å². The number of hydrogen-bond donors (Lipinski definition) is 1. The standard InChI is InChI=1S/C23H28N4O4S/c1-16-9-11-26(12-10-16)32(30,31)19-5-6-20-18(13-19)4-8-23(29)27(20)15-22(28)25-21-7-3-17(2)14-24-21/h3,5-7,13-14,16H,4,8-12,15H2,1-2H3,(H,24,25,28). The first-order valence-electron chi connectivity index (χ1n) is 10.9. The molecule has 2 aromatic rings. The number of anilines is 2. The lowest BCUT2D eigenvalue weighted by atomic mass is 10.0. The highest BCUT2D eigenvalue weighted by atomic mass is 32.2. The van der Waals surface area contributed by atoms with Gasteiger partial charge in [-0.25, -0.2) is 13.4 Å². The van der Waals surface area contributed by atoms with Gasteiger partial charge in [0.25, 0.3) is 0 Å². The first kappa shape index (κ1) is 22.4. The molecule has 1 N–H and O–H groups in total. The molecule has 170 valence electrons. The lowest BCUT2D eigenvalue weighted by Crippen LogP contribution is -2.41. The van der Waals surface area contributed by atoms with Crippen LogP contribution in [0.3, 0.4) is 0 Å². The Morgan fingerprint density at radius 2 is 1.91 bits per heavy atom. The zero-order valence-corrected chi connectivity index (χ0v) is 19.2. The Hall–Kier alpha value is -2.78. The summed E-state index contributed by atoms with van der Waals surface area (Å²) in [7, 11) is -3.57. The van der Waals surface area contributed by atoms with Crippen molar-refractivity contribution in [1.82, 2.24) is 9.29 Å². The Labute approximate surface area is 188 Å². The minimum Gasteiger partial charge on any atom is -0.309 e. The van der Waals surface area contributed by atoms with Gasteiger partial charge < -0.3 is 10.2 Å². The van der Waals surface area contributed by atoms with E-state index < -0.39 is 10.0 Å². The molecule has 1 saturated heterocycles. The highest BCUT2D eigenvalue weighted by molar-refractivity contribution is 7.89. The Morgan fingerprint density at radius 1 is 1.16 bits per heavy atom. The van der Waals surface area contributed by atoms with E-state index in [-0.39, 0.29) is 29.7 Å². The second kappa shape index (κ2) is 8.99. The fourth-order valence-corrected chi connectivity index (χ4v) is 5.63. The molecule has 1 aromatic heterocycles. The number of nitrogens with one attached hydrogen (secondary N) is 1. The number of fused-ring (bicyclic) bond motifs is 1. The highest BCUT2D eigenvalue weighted by Crippen LogP contribution is 2.32. The highest BCUT2D eigenvalue weighted by Gasteiger charge is 2.31. The van der Waals surface area contributed by atoms with Crippen LogP contribution in [0.2, 0.25) is 0 Å². The number of pyridine rings is 1. The van der Waals surface area contributed by atoms with E-state index in [1.807, 2.05) is 13.0 Å². The number of nitrogens with zero attached hydrogens (tertiary/aromatic N) is 3. The summed E-state index contributed by atoms with van der Waals surface area (Å²) in [6.45, 7) is 4.94. The topological polar surface area (TPSA) is 99.7 Å². The molecule has 8 nitrogen and oxygen atoms in total. The van der Waals surface area contributed by atoms with Crippen molar-refractivity contribution in [2.45, 2.75) is 44.4 Å². The first-order chi connectivity index (χ1) is 15.2. The van der Waals surface area contributed by atoms with Gasteiger partial charge in [0.1, 0.15) is 12.4 Å². The third-order valence-electron chi connectivity index (χ3n) is 6.11. The van der Waals surface area contributed by atoms with E-state index in [4.69, 9.17) is 0 Å². The lowest BCUT2D eigenvalue weighted by molar-refractivity contribution is -0.121. The summed E-state index contributed by atoms with van der Waals surface area (Å²) < 4.78 is 27.8. The Morgan fingerprint density at radius 3 is 2.59 bits per heavy atom. The van der Waals surface area contributed by atoms with Crippen molar-refractivity contribution in [1.29, 1.82) is 0 Å². The maximum atomic E-state index is 13.1. The summed E-state index contributed by atoms with van der Waals surface area (Å²) in [5.41, 5.74) is 2.32. The van der Waals surface area contributed by atoms with Gasteiger partial charge in [0, 0.05) is 31.4 Å². The molecule has 0 saturated carbocycles. The maximum absolute atomic E-state index is 13.1. The van der Waals surface area contributed by atoms with E-state index in [0.717, 1.165) is 24.0 Å². The van der Waals surface area contributed by atoms with Gasteiger partial charge in [0.2, 0.25) is 21.8 Å². The summed E-state index contributed by atoms with van der Waals surface area (Å²) in [5.74, 6) is 0.431. The number of aromatic nitrogens is 1. The average Bonchev–Trinajstić information content (AvgIpc) is 2.77. The zero-order valence-electron chi connectivity index (χ0n) is 18.4. The second-order valence-corrected chi connectivity index (χ2v) is 10.6. The third kappa shape index (κ3) is 4.68. The smallest absolute Gasteiger partial charge is 0.245 e. The van der Waals surface area contributed by atoms with E-state index in [1.165, 1.54) is 11.0 Å². The van der Waals surface area contributed by atoms with E-state index >= 15 is 0 Å². The molecule has 2 amide bonds. The fraction of sp³-hybridized carbons (Fsp3) is 0.435. The lowest BCUT2D eigenvalue weighted by Gasteiger charge is -2.31. The van der Waals surface area contributed by atoms with Gasteiger partial charge in [0.15, 0.2) is 0 Å². The van der Waals surface area contributed by atoms with E-state index in [2.05, 4.69) is 17.2 Å². The summed E-state index contributed by atoms with van der Waals surface area (Å²) in [5, 5.41) is 2.70. The van der Waals surface area contributed by atoms with Crippen LogP contribution in [-0.4, -0.2) is 49.2 Å².